The Kier molecular flexibility index (Phi) is 5.48. The smallest absolute Gasteiger partial charge is 0.0406 e. The van der Waals surface area contributed by atoms with Gasteiger partial charge in [-0.3, -0.25) is 0 Å². The molecule has 0 aliphatic heterocycles. The summed E-state index contributed by atoms with van der Waals surface area (Å²) in [7, 11) is 2.07. The fourth-order valence-electron chi connectivity index (χ4n) is 2.68. The van der Waals surface area contributed by atoms with E-state index < -0.39 is 0 Å². The number of nitrogens with one attached hydrogen (secondary N) is 2. The van der Waals surface area contributed by atoms with Gasteiger partial charge in [-0.1, -0.05) is 23.7 Å². The third-order valence-corrected chi connectivity index (χ3v) is 4.18. The Balaban J connectivity index is 1.65. The lowest BCUT2D eigenvalue weighted by Crippen LogP contribution is -2.33. The minimum absolute atomic E-state index is 0.748. The summed E-state index contributed by atoms with van der Waals surface area (Å²) in [6, 6.07) is 8.84. The molecule has 1 aromatic carbocycles. The topological polar surface area (TPSA) is 24.1 Å². The standard InChI is InChI=1S/C15H23ClN2/c1-17-15-8-4-13(5-9-15)11-18-10-12-2-6-14(16)7-3-12/h2-3,6-7,13,15,17-18H,4-5,8-11H2,1H3. The van der Waals surface area contributed by atoms with Crippen LogP contribution < -0.4 is 10.6 Å². The average molecular weight is 267 g/mol. The number of halogens is 1. The molecular formula is C15H23ClN2. The van der Waals surface area contributed by atoms with Crippen LogP contribution in [0.25, 0.3) is 0 Å². The summed E-state index contributed by atoms with van der Waals surface area (Å²) in [5.41, 5.74) is 1.31. The Morgan fingerprint density at radius 1 is 1.11 bits per heavy atom. The lowest BCUT2D eigenvalue weighted by atomic mass is 9.86. The number of hydrogen-bond acceptors (Lipinski definition) is 2. The highest BCUT2D eigenvalue weighted by molar-refractivity contribution is 6.30. The van der Waals surface area contributed by atoms with Crippen molar-refractivity contribution >= 4 is 11.6 Å². The predicted octanol–water partition coefficient (Wildman–Crippen LogP) is 3.21. The third kappa shape index (κ3) is 4.27. The zero-order valence-electron chi connectivity index (χ0n) is 11.1. The van der Waals surface area contributed by atoms with E-state index in [9.17, 15) is 0 Å². The van der Waals surface area contributed by atoms with Gasteiger partial charge in [-0.25, -0.2) is 0 Å². The van der Waals surface area contributed by atoms with Crippen LogP contribution in [0.4, 0.5) is 0 Å². The molecule has 0 saturated heterocycles. The van der Waals surface area contributed by atoms with Crippen molar-refractivity contribution in [2.24, 2.45) is 5.92 Å². The zero-order valence-corrected chi connectivity index (χ0v) is 11.8. The van der Waals surface area contributed by atoms with Gasteiger partial charge in [0.25, 0.3) is 0 Å². The Labute approximate surface area is 115 Å². The molecule has 1 aliphatic rings. The molecule has 0 bridgehead atoms. The van der Waals surface area contributed by atoms with Gasteiger partial charge < -0.3 is 10.6 Å². The predicted molar refractivity (Wildman–Crippen MR) is 78.0 cm³/mol. The minimum atomic E-state index is 0.748. The van der Waals surface area contributed by atoms with Crippen LogP contribution in [0.2, 0.25) is 5.02 Å². The fraction of sp³-hybridized carbons (Fsp3) is 0.600. The third-order valence-electron chi connectivity index (χ3n) is 3.93. The Hall–Kier alpha value is -0.570. The van der Waals surface area contributed by atoms with E-state index in [1.165, 1.54) is 31.2 Å². The van der Waals surface area contributed by atoms with E-state index in [0.29, 0.717) is 0 Å². The minimum Gasteiger partial charge on any atom is -0.317 e. The Morgan fingerprint density at radius 2 is 1.78 bits per heavy atom. The summed E-state index contributed by atoms with van der Waals surface area (Å²) in [5.74, 6) is 0.849. The molecule has 0 heterocycles. The summed E-state index contributed by atoms with van der Waals surface area (Å²) in [4.78, 5) is 0. The number of rotatable bonds is 5. The summed E-state index contributed by atoms with van der Waals surface area (Å²) in [5, 5.41) is 7.75. The second-order valence-corrected chi connectivity index (χ2v) is 5.70. The lowest BCUT2D eigenvalue weighted by Gasteiger charge is -2.28. The molecule has 0 radical (unpaired) electrons. The van der Waals surface area contributed by atoms with Gasteiger partial charge in [0.2, 0.25) is 0 Å². The second kappa shape index (κ2) is 7.13. The fourth-order valence-corrected chi connectivity index (χ4v) is 2.80. The summed E-state index contributed by atoms with van der Waals surface area (Å²) < 4.78 is 0. The van der Waals surface area contributed by atoms with Crippen molar-refractivity contribution < 1.29 is 0 Å². The van der Waals surface area contributed by atoms with Gasteiger partial charge in [0.05, 0.1) is 0 Å². The second-order valence-electron chi connectivity index (χ2n) is 5.26. The molecule has 0 atom stereocenters. The molecule has 1 aromatic rings. The van der Waals surface area contributed by atoms with Crippen LogP contribution in [-0.2, 0) is 6.54 Å². The Morgan fingerprint density at radius 3 is 2.39 bits per heavy atom. The van der Waals surface area contributed by atoms with E-state index in [1.54, 1.807) is 0 Å². The summed E-state index contributed by atoms with van der Waals surface area (Å²) in [6.45, 7) is 2.09. The van der Waals surface area contributed by atoms with E-state index >= 15 is 0 Å². The number of hydrogen-bond donors (Lipinski definition) is 2. The van der Waals surface area contributed by atoms with Gasteiger partial charge in [0.15, 0.2) is 0 Å². The van der Waals surface area contributed by atoms with Crippen molar-refractivity contribution in [3.05, 3.63) is 34.9 Å². The first-order chi connectivity index (χ1) is 8.78. The monoisotopic (exact) mass is 266 g/mol. The van der Waals surface area contributed by atoms with Gasteiger partial charge in [-0.2, -0.15) is 0 Å². The lowest BCUT2D eigenvalue weighted by molar-refractivity contribution is 0.292. The van der Waals surface area contributed by atoms with Gasteiger partial charge in [0.1, 0.15) is 0 Å². The molecule has 1 fully saturated rings. The van der Waals surface area contributed by atoms with Crippen LogP contribution in [0.15, 0.2) is 24.3 Å². The normalized spacial score (nSPS) is 24.1. The van der Waals surface area contributed by atoms with E-state index in [0.717, 1.165) is 30.1 Å². The van der Waals surface area contributed by atoms with Gasteiger partial charge >= 0.3 is 0 Å². The molecule has 100 valence electrons. The van der Waals surface area contributed by atoms with Crippen molar-refractivity contribution in [1.82, 2.24) is 10.6 Å². The highest BCUT2D eigenvalue weighted by Crippen LogP contribution is 2.23. The largest absolute Gasteiger partial charge is 0.317 e. The van der Waals surface area contributed by atoms with Crippen molar-refractivity contribution in [3.8, 4) is 0 Å². The first kappa shape index (κ1) is 13.9. The zero-order chi connectivity index (χ0) is 12.8. The molecule has 0 aromatic heterocycles. The van der Waals surface area contributed by atoms with Crippen LogP contribution in [0.3, 0.4) is 0 Å². The molecule has 1 saturated carbocycles. The SMILES string of the molecule is CNC1CCC(CNCc2ccc(Cl)cc2)CC1. The Bertz CT molecular complexity index is 342. The van der Waals surface area contributed by atoms with Gasteiger partial charge in [-0.05, 0) is 62.9 Å². The van der Waals surface area contributed by atoms with E-state index in [2.05, 4.69) is 29.8 Å². The summed E-state index contributed by atoms with van der Waals surface area (Å²) in [6.07, 6.45) is 5.34. The van der Waals surface area contributed by atoms with Crippen LogP contribution in [0, 0.1) is 5.92 Å². The first-order valence-corrected chi connectivity index (χ1v) is 7.28. The van der Waals surface area contributed by atoms with Crippen molar-refractivity contribution in [3.63, 3.8) is 0 Å². The average Bonchev–Trinajstić information content (AvgIpc) is 2.42. The molecule has 0 amide bonds. The van der Waals surface area contributed by atoms with E-state index in [1.807, 2.05) is 12.1 Å². The maximum Gasteiger partial charge on any atom is 0.0406 e. The van der Waals surface area contributed by atoms with Crippen LogP contribution in [-0.4, -0.2) is 19.6 Å². The van der Waals surface area contributed by atoms with Crippen LogP contribution >= 0.6 is 11.6 Å². The molecule has 3 heteroatoms. The number of benzene rings is 1. The van der Waals surface area contributed by atoms with E-state index in [4.69, 9.17) is 11.6 Å². The molecular weight excluding hydrogens is 244 g/mol. The van der Waals surface area contributed by atoms with Crippen LogP contribution in [0.5, 0.6) is 0 Å². The highest BCUT2D eigenvalue weighted by atomic mass is 35.5. The van der Waals surface area contributed by atoms with Crippen molar-refractivity contribution in [2.75, 3.05) is 13.6 Å². The molecule has 0 unspecified atom stereocenters. The quantitative estimate of drug-likeness (QED) is 0.855. The maximum atomic E-state index is 5.87. The van der Waals surface area contributed by atoms with Crippen molar-refractivity contribution in [2.45, 2.75) is 38.3 Å². The van der Waals surface area contributed by atoms with Crippen LogP contribution in [0.1, 0.15) is 31.2 Å². The molecule has 1 aliphatic carbocycles. The maximum absolute atomic E-state index is 5.87. The van der Waals surface area contributed by atoms with Crippen molar-refractivity contribution in [1.29, 1.82) is 0 Å². The van der Waals surface area contributed by atoms with Gasteiger partial charge in [0, 0.05) is 17.6 Å². The molecule has 2 N–H and O–H groups in total. The molecule has 2 nitrogen and oxygen atoms in total. The molecule has 2 rings (SSSR count). The first-order valence-electron chi connectivity index (χ1n) is 6.90. The molecule has 0 spiro atoms. The molecule has 18 heavy (non-hydrogen) atoms. The van der Waals surface area contributed by atoms with Gasteiger partial charge in [-0.15, -0.1) is 0 Å². The summed E-state index contributed by atoms with van der Waals surface area (Å²) >= 11 is 5.87. The van der Waals surface area contributed by atoms with E-state index in [-0.39, 0.29) is 0 Å². The highest BCUT2D eigenvalue weighted by Gasteiger charge is 2.19.